The van der Waals surface area contributed by atoms with Gasteiger partial charge < -0.3 is 21.1 Å². The number of nitrogens with one attached hydrogen (secondary N) is 2. The Kier molecular flexibility index (Phi) is 9.47. The maximum absolute atomic E-state index is 13.6. The molecule has 0 bridgehead atoms. The Balaban J connectivity index is 1.43. The number of amides is 1. The maximum Gasteiger partial charge on any atom is 0.435 e. The van der Waals surface area contributed by atoms with E-state index < -0.39 is 17.8 Å². The van der Waals surface area contributed by atoms with Crippen LogP contribution in [0.3, 0.4) is 0 Å². The molecule has 43 heavy (non-hydrogen) atoms. The summed E-state index contributed by atoms with van der Waals surface area (Å²) in [5.74, 6) is 0.712. The van der Waals surface area contributed by atoms with Crippen LogP contribution in [0.4, 0.5) is 18.9 Å². The molecule has 5 rings (SSSR count). The molecule has 1 unspecified atom stereocenters. The van der Waals surface area contributed by atoms with Gasteiger partial charge in [-0.3, -0.25) is 4.79 Å². The SMILES string of the molecule is CCCCOc1cccc(C(NCC2CC2)c2cccc(NC(=O)c3cc(C(F)(F)F)nn3-c3cccc(CN)c3)c2)c1. The number of anilines is 1. The molecule has 4 aromatic rings. The van der Waals surface area contributed by atoms with Gasteiger partial charge >= 0.3 is 6.18 Å². The van der Waals surface area contributed by atoms with Gasteiger partial charge in [-0.05, 0) is 84.8 Å². The molecular formula is C33H36F3N5O2. The molecule has 7 nitrogen and oxygen atoms in total. The van der Waals surface area contributed by atoms with Crippen molar-refractivity contribution in [1.82, 2.24) is 15.1 Å². The van der Waals surface area contributed by atoms with E-state index in [1.54, 1.807) is 30.3 Å². The molecule has 0 saturated heterocycles. The Morgan fingerprint density at radius 3 is 2.51 bits per heavy atom. The van der Waals surface area contributed by atoms with Crippen molar-refractivity contribution in [2.45, 2.75) is 51.4 Å². The fourth-order valence-corrected chi connectivity index (χ4v) is 4.84. The molecular weight excluding hydrogens is 555 g/mol. The third-order valence-electron chi connectivity index (χ3n) is 7.37. The van der Waals surface area contributed by atoms with E-state index in [0.29, 0.717) is 29.5 Å². The van der Waals surface area contributed by atoms with Crippen molar-refractivity contribution in [3.63, 3.8) is 0 Å². The van der Waals surface area contributed by atoms with Crippen molar-refractivity contribution in [3.05, 3.63) is 107 Å². The van der Waals surface area contributed by atoms with Crippen LogP contribution in [-0.2, 0) is 12.7 Å². The summed E-state index contributed by atoms with van der Waals surface area (Å²) in [6, 6.07) is 22.5. The number of alkyl halides is 3. The number of rotatable bonds is 13. The molecule has 226 valence electrons. The molecule has 0 spiro atoms. The van der Waals surface area contributed by atoms with Gasteiger partial charge in [-0.15, -0.1) is 0 Å². The predicted octanol–water partition coefficient (Wildman–Crippen LogP) is 6.87. The summed E-state index contributed by atoms with van der Waals surface area (Å²) in [6.45, 7) is 3.80. The summed E-state index contributed by atoms with van der Waals surface area (Å²) < 4.78 is 47.9. The van der Waals surface area contributed by atoms with E-state index in [0.717, 1.165) is 47.0 Å². The van der Waals surface area contributed by atoms with Crippen molar-refractivity contribution in [2.75, 3.05) is 18.5 Å². The maximum atomic E-state index is 13.6. The molecule has 1 fully saturated rings. The first-order valence-electron chi connectivity index (χ1n) is 14.6. The lowest BCUT2D eigenvalue weighted by Crippen LogP contribution is -2.25. The highest BCUT2D eigenvalue weighted by Gasteiger charge is 2.36. The first-order valence-corrected chi connectivity index (χ1v) is 14.6. The molecule has 1 heterocycles. The molecule has 1 aromatic heterocycles. The predicted molar refractivity (Wildman–Crippen MR) is 160 cm³/mol. The van der Waals surface area contributed by atoms with E-state index in [4.69, 9.17) is 10.5 Å². The number of carbonyl (C=O) groups excluding carboxylic acids is 1. The molecule has 3 aromatic carbocycles. The second-order valence-electron chi connectivity index (χ2n) is 10.8. The first-order chi connectivity index (χ1) is 20.7. The molecule has 1 atom stereocenters. The van der Waals surface area contributed by atoms with Gasteiger partial charge in [0.1, 0.15) is 11.4 Å². The molecule has 4 N–H and O–H groups in total. The van der Waals surface area contributed by atoms with Crippen molar-refractivity contribution < 1.29 is 22.7 Å². The lowest BCUT2D eigenvalue weighted by molar-refractivity contribution is -0.141. The summed E-state index contributed by atoms with van der Waals surface area (Å²) in [5.41, 5.74) is 7.71. The number of aromatic nitrogens is 2. The smallest absolute Gasteiger partial charge is 0.435 e. The van der Waals surface area contributed by atoms with E-state index in [-0.39, 0.29) is 18.3 Å². The van der Waals surface area contributed by atoms with Gasteiger partial charge in [0.15, 0.2) is 5.69 Å². The van der Waals surface area contributed by atoms with Crippen molar-refractivity contribution in [3.8, 4) is 11.4 Å². The minimum atomic E-state index is -4.72. The van der Waals surface area contributed by atoms with Crippen LogP contribution in [0.25, 0.3) is 5.69 Å². The van der Waals surface area contributed by atoms with Crippen LogP contribution < -0.4 is 21.1 Å². The van der Waals surface area contributed by atoms with E-state index >= 15 is 0 Å². The van der Waals surface area contributed by atoms with Gasteiger partial charge in [0.2, 0.25) is 0 Å². The number of hydrogen-bond donors (Lipinski definition) is 3. The molecule has 1 aliphatic carbocycles. The zero-order valence-corrected chi connectivity index (χ0v) is 24.0. The molecule has 1 saturated carbocycles. The fourth-order valence-electron chi connectivity index (χ4n) is 4.84. The summed E-state index contributed by atoms with van der Waals surface area (Å²) in [4.78, 5) is 13.5. The van der Waals surface area contributed by atoms with Crippen LogP contribution >= 0.6 is 0 Å². The third-order valence-corrected chi connectivity index (χ3v) is 7.37. The molecule has 0 aliphatic heterocycles. The topological polar surface area (TPSA) is 94.2 Å². The van der Waals surface area contributed by atoms with Gasteiger partial charge in [-0.2, -0.15) is 18.3 Å². The highest BCUT2D eigenvalue weighted by molar-refractivity contribution is 6.03. The van der Waals surface area contributed by atoms with Crippen LogP contribution in [0.5, 0.6) is 5.75 Å². The van der Waals surface area contributed by atoms with E-state index in [1.165, 1.54) is 12.8 Å². The largest absolute Gasteiger partial charge is 0.494 e. The molecule has 0 radical (unpaired) electrons. The van der Waals surface area contributed by atoms with E-state index in [2.05, 4.69) is 22.7 Å². The minimum Gasteiger partial charge on any atom is -0.494 e. The number of nitrogens with zero attached hydrogens (tertiary/aromatic N) is 2. The minimum absolute atomic E-state index is 0.173. The first kappa shape index (κ1) is 30.3. The highest BCUT2D eigenvalue weighted by Crippen LogP contribution is 2.33. The summed E-state index contributed by atoms with van der Waals surface area (Å²) >= 11 is 0. The average molecular weight is 592 g/mol. The molecule has 1 amide bonds. The zero-order chi connectivity index (χ0) is 30.4. The van der Waals surface area contributed by atoms with Crippen LogP contribution in [0.1, 0.15) is 71.5 Å². The molecule has 1 aliphatic rings. The van der Waals surface area contributed by atoms with Crippen LogP contribution in [0, 0.1) is 5.92 Å². The number of nitrogens with two attached hydrogens (primary N) is 1. The van der Waals surface area contributed by atoms with Gasteiger partial charge in [-0.1, -0.05) is 49.7 Å². The summed E-state index contributed by atoms with van der Waals surface area (Å²) in [6.07, 6.45) is -0.324. The summed E-state index contributed by atoms with van der Waals surface area (Å²) in [7, 11) is 0. The Labute approximate surface area is 249 Å². The van der Waals surface area contributed by atoms with Gasteiger partial charge in [0, 0.05) is 18.3 Å². The quantitative estimate of drug-likeness (QED) is 0.148. The lowest BCUT2D eigenvalue weighted by Gasteiger charge is -2.21. The van der Waals surface area contributed by atoms with Crippen molar-refractivity contribution in [1.29, 1.82) is 0 Å². The van der Waals surface area contributed by atoms with Gasteiger partial charge in [-0.25, -0.2) is 4.68 Å². The van der Waals surface area contributed by atoms with Crippen LogP contribution in [0.2, 0.25) is 0 Å². The van der Waals surface area contributed by atoms with Crippen LogP contribution in [-0.4, -0.2) is 28.8 Å². The average Bonchev–Trinajstić information content (AvgIpc) is 3.71. The number of benzene rings is 3. The molecule has 10 heteroatoms. The van der Waals surface area contributed by atoms with E-state index in [9.17, 15) is 18.0 Å². The van der Waals surface area contributed by atoms with Gasteiger partial charge in [0.25, 0.3) is 5.91 Å². The summed E-state index contributed by atoms with van der Waals surface area (Å²) in [5, 5.41) is 10.2. The highest BCUT2D eigenvalue weighted by atomic mass is 19.4. The van der Waals surface area contributed by atoms with Crippen molar-refractivity contribution in [2.24, 2.45) is 11.7 Å². The normalized spacial score (nSPS) is 14.0. The standard InChI is InChI=1S/C33H36F3N5O2/c1-2-3-15-43-28-12-6-9-25(18-28)31(38-21-22-13-14-22)24-8-5-10-26(17-24)39-32(42)29-19-30(33(34,35)36)40-41(29)27-11-4-7-23(16-27)20-37/h4-12,16-19,22,31,38H,2-3,13-15,20-21,37H2,1H3,(H,39,42). The second kappa shape index (κ2) is 13.4. The Hall–Kier alpha value is -4.15. The Morgan fingerprint density at radius 1 is 1.05 bits per heavy atom. The lowest BCUT2D eigenvalue weighted by atomic mass is 9.97. The Morgan fingerprint density at radius 2 is 1.79 bits per heavy atom. The van der Waals surface area contributed by atoms with Crippen molar-refractivity contribution >= 4 is 11.6 Å². The third kappa shape index (κ3) is 7.82. The van der Waals surface area contributed by atoms with E-state index in [1.807, 2.05) is 42.5 Å². The number of carbonyl (C=O) groups is 1. The number of halogens is 3. The number of ether oxygens (including phenoxy) is 1. The number of unbranched alkanes of at least 4 members (excludes halogenated alkanes) is 1. The zero-order valence-electron chi connectivity index (χ0n) is 24.0. The monoisotopic (exact) mass is 591 g/mol. The second-order valence-corrected chi connectivity index (χ2v) is 10.8. The Bertz CT molecular complexity index is 1550. The number of hydrogen-bond acceptors (Lipinski definition) is 5. The van der Waals surface area contributed by atoms with Gasteiger partial charge in [0.05, 0.1) is 18.3 Å². The fraction of sp³-hybridized carbons (Fsp3) is 0.333. The van der Waals surface area contributed by atoms with Crippen LogP contribution in [0.15, 0.2) is 78.9 Å².